The summed E-state index contributed by atoms with van der Waals surface area (Å²) >= 11 is 0. The SMILES string of the molecule is CC(C)c1cc2c(cc1CCC=O)OCCCO2. The number of carbonyl (C=O) groups excluding carboxylic acids is 1. The number of ether oxygens (including phenoxy) is 2. The number of benzene rings is 1. The van der Waals surface area contributed by atoms with Crippen molar-refractivity contribution in [2.75, 3.05) is 13.2 Å². The van der Waals surface area contributed by atoms with E-state index in [1.165, 1.54) is 11.1 Å². The Kier molecular flexibility index (Phi) is 4.24. The van der Waals surface area contributed by atoms with Crippen LogP contribution in [0, 0.1) is 0 Å². The molecular formula is C15H20O3. The van der Waals surface area contributed by atoms with Crippen molar-refractivity contribution >= 4 is 6.29 Å². The van der Waals surface area contributed by atoms with Crippen molar-refractivity contribution in [1.29, 1.82) is 0 Å². The zero-order valence-corrected chi connectivity index (χ0v) is 11.1. The number of carbonyl (C=O) groups is 1. The van der Waals surface area contributed by atoms with Gasteiger partial charge in [-0.25, -0.2) is 0 Å². The second kappa shape index (κ2) is 5.89. The maximum Gasteiger partial charge on any atom is 0.161 e. The number of aldehydes is 1. The topological polar surface area (TPSA) is 35.5 Å². The van der Waals surface area contributed by atoms with Crippen LogP contribution in [0.5, 0.6) is 11.5 Å². The molecule has 0 saturated carbocycles. The van der Waals surface area contributed by atoms with Crippen LogP contribution in [0.2, 0.25) is 0 Å². The third-order valence-corrected chi connectivity index (χ3v) is 3.16. The second-order valence-corrected chi connectivity index (χ2v) is 4.91. The van der Waals surface area contributed by atoms with E-state index in [4.69, 9.17) is 9.47 Å². The van der Waals surface area contributed by atoms with Gasteiger partial charge in [-0.2, -0.15) is 0 Å². The summed E-state index contributed by atoms with van der Waals surface area (Å²) in [5.41, 5.74) is 2.45. The van der Waals surface area contributed by atoms with Crippen molar-refractivity contribution in [1.82, 2.24) is 0 Å². The molecule has 0 spiro atoms. The fourth-order valence-electron chi connectivity index (χ4n) is 2.23. The Morgan fingerprint density at radius 1 is 1.22 bits per heavy atom. The smallest absolute Gasteiger partial charge is 0.161 e. The summed E-state index contributed by atoms with van der Waals surface area (Å²) < 4.78 is 11.4. The third kappa shape index (κ3) is 2.84. The Bertz CT molecular complexity index is 424. The van der Waals surface area contributed by atoms with Gasteiger partial charge >= 0.3 is 0 Å². The molecule has 0 aliphatic carbocycles. The lowest BCUT2D eigenvalue weighted by atomic mass is 9.94. The van der Waals surface area contributed by atoms with Gasteiger partial charge in [0.05, 0.1) is 13.2 Å². The van der Waals surface area contributed by atoms with Crippen LogP contribution in [-0.4, -0.2) is 19.5 Å². The van der Waals surface area contributed by atoms with Gasteiger partial charge in [0.2, 0.25) is 0 Å². The van der Waals surface area contributed by atoms with Crippen LogP contribution in [0.15, 0.2) is 12.1 Å². The minimum Gasteiger partial charge on any atom is -0.490 e. The summed E-state index contributed by atoms with van der Waals surface area (Å²) in [7, 11) is 0. The lowest BCUT2D eigenvalue weighted by Gasteiger charge is -2.16. The predicted molar refractivity (Wildman–Crippen MR) is 70.5 cm³/mol. The molecule has 0 saturated heterocycles. The van der Waals surface area contributed by atoms with Gasteiger partial charge in [-0.1, -0.05) is 13.8 Å². The molecule has 1 aromatic carbocycles. The Morgan fingerprint density at radius 3 is 2.50 bits per heavy atom. The fraction of sp³-hybridized carbons (Fsp3) is 0.533. The first-order valence-electron chi connectivity index (χ1n) is 6.58. The quantitative estimate of drug-likeness (QED) is 0.768. The fourth-order valence-corrected chi connectivity index (χ4v) is 2.23. The van der Waals surface area contributed by atoms with Gasteiger partial charge in [-0.3, -0.25) is 0 Å². The van der Waals surface area contributed by atoms with Crippen molar-refractivity contribution in [2.45, 2.75) is 39.0 Å². The van der Waals surface area contributed by atoms with E-state index in [-0.39, 0.29) is 0 Å². The van der Waals surface area contributed by atoms with Gasteiger partial charge in [0.25, 0.3) is 0 Å². The van der Waals surface area contributed by atoms with Crippen LogP contribution >= 0.6 is 0 Å². The van der Waals surface area contributed by atoms with Crippen molar-refractivity contribution in [3.8, 4) is 11.5 Å². The molecule has 0 fully saturated rings. The van der Waals surface area contributed by atoms with E-state index in [1.807, 2.05) is 6.07 Å². The maximum absolute atomic E-state index is 10.5. The second-order valence-electron chi connectivity index (χ2n) is 4.91. The monoisotopic (exact) mass is 248 g/mol. The molecule has 0 aromatic heterocycles. The van der Waals surface area contributed by atoms with Crippen LogP contribution in [0.4, 0.5) is 0 Å². The third-order valence-electron chi connectivity index (χ3n) is 3.16. The molecule has 1 aliphatic rings. The lowest BCUT2D eigenvalue weighted by Crippen LogP contribution is -2.01. The summed E-state index contributed by atoms with van der Waals surface area (Å²) in [5.74, 6) is 2.08. The summed E-state index contributed by atoms with van der Waals surface area (Å²) in [6.07, 6.45) is 3.20. The zero-order valence-electron chi connectivity index (χ0n) is 11.1. The van der Waals surface area contributed by atoms with Gasteiger partial charge in [0.1, 0.15) is 6.29 Å². The van der Waals surface area contributed by atoms with Crippen molar-refractivity contribution in [2.24, 2.45) is 0 Å². The average Bonchev–Trinajstić information content (AvgIpc) is 2.59. The molecule has 0 radical (unpaired) electrons. The molecule has 1 heterocycles. The van der Waals surface area contributed by atoms with Crippen LogP contribution in [0.3, 0.4) is 0 Å². The Morgan fingerprint density at radius 2 is 1.89 bits per heavy atom. The summed E-state index contributed by atoms with van der Waals surface area (Å²) in [5, 5.41) is 0. The highest BCUT2D eigenvalue weighted by Gasteiger charge is 2.16. The minimum absolute atomic E-state index is 0.420. The van der Waals surface area contributed by atoms with Gasteiger partial charge in [0, 0.05) is 12.8 Å². The molecule has 98 valence electrons. The standard InChI is InChI=1S/C15H20O3/c1-11(2)13-10-15-14(17-7-4-8-18-15)9-12(13)5-3-6-16/h6,9-11H,3-5,7-8H2,1-2H3. The Balaban J connectivity index is 2.37. The molecule has 1 aromatic rings. The molecular weight excluding hydrogens is 228 g/mol. The number of fused-ring (bicyclic) bond motifs is 1. The molecule has 0 atom stereocenters. The van der Waals surface area contributed by atoms with Crippen LogP contribution in [-0.2, 0) is 11.2 Å². The summed E-state index contributed by atoms with van der Waals surface area (Å²) in [6.45, 7) is 5.72. The number of aryl methyl sites for hydroxylation is 1. The van der Waals surface area contributed by atoms with Crippen molar-refractivity contribution in [3.63, 3.8) is 0 Å². The maximum atomic E-state index is 10.5. The van der Waals surface area contributed by atoms with E-state index in [0.717, 1.165) is 30.6 Å². The van der Waals surface area contributed by atoms with Crippen LogP contribution < -0.4 is 9.47 Å². The van der Waals surface area contributed by atoms with E-state index in [2.05, 4.69) is 19.9 Å². The lowest BCUT2D eigenvalue weighted by molar-refractivity contribution is -0.107. The molecule has 0 N–H and O–H groups in total. The molecule has 2 rings (SSSR count). The first-order chi connectivity index (χ1) is 8.72. The normalized spacial score (nSPS) is 14.4. The highest BCUT2D eigenvalue weighted by molar-refractivity contribution is 5.53. The molecule has 3 heteroatoms. The predicted octanol–water partition coefficient (Wildman–Crippen LogP) is 3.10. The van der Waals surface area contributed by atoms with E-state index < -0.39 is 0 Å². The van der Waals surface area contributed by atoms with E-state index >= 15 is 0 Å². The first kappa shape index (κ1) is 12.9. The molecule has 3 nitrogen and oxygen atoms in total. The van der Waals surface area contributed by atoms with Crippen LogP contribution in [0.25, 0.3) is 0 Å². The Hall–Kier alpha value is -1.51. The highest BCUT2D eigenvalue weighted by atomic mass is 16.5. The number of hydrogen-bond acceptors (Lipinski definition) is 3. The van der Waals surface area contributed by atoms with Gasteiger partial charge < -0.3 is 14.3 Å². The van der Waals surface area contributed by atoms with Crippen LogP contribution in [0.1, 0.15) is 43.7 Å². The van der Waals surface area contributed by atoms with E-state index in [0.29, 0.717) is 25.6 Å². The Labute approximate surface area is 108 Å². The van der Waals surface area contributed by atoms with E-state index in [1.54, 1.807) is 0 Å². The highest BCUT2D eigenvalue weighted by Crippen LogP contribution is 2.35. The number of rotatable bonds is 4. The van der Waals surface area contributed by atoms with Gasteiger partial charge in [-0.05, 0) is 35.6 Å². The molecule has 0 amide bonds. The van der Waals surface area contributed by atoms with Gasteiger partial charge in [0.15, 0.2) is 11.5 Å². The molecule has 0 bridgehead atoms. The minimum atomic E-state index is 0.420. The summed E-state index contributed by atoms with van der Waals surface area (Å²) in [4.78, 5) is 10.5. The average molecular weight is 248 g/mol. The first-order valence-corrected chi connectivity index (χ1v) is 6.58. The van der Waals surface area contributed by atoms with E-state index in [9.17, 15) is 4.79 Å². The van der Waals surface area contributed by atoms with Crippen molar-refractivity contribution in [3.05, 3.63) is 23.3 Å². The largest absolute Gasteiger partial charge is 0.490 e. The van der Waals surface area contributed by atoms with Gasteiger partial charge in [-0.15, -0.1) is 0 Å². The van der Waals surface area contributed by atoms with Crippen molar-refractivity contribution < 1.29 is 14.3 Å². The summed E-state index contributed by atoms with van der Waals surface area (Å²) in [6, 6.07) is 4.12. The number of hydrogen-bond donors (Lipinski definition) is 0. The molecule has 18 heavy (non-hydrogen) atoms. The molecule has 1 aliphatic heterocycles. The molecule has 0 unspecified atom stereocenters. The zero-order chi connectivity index (χ0) is 13.0.